The van der Waals surface area contributed by atoms with Crippen molar-refractivity contribution in [1.82, 2.24) is 0 Å². The van der Waals surface area contributed by atoms with Gasteiger partial charge in [-0.1, -0.05) is 87.5 Å². The topological polar surface area (TPSA) is 26.5 Å². The lowest BCUT2D eigenvalue weighted by atomic mass is 9.81. The van der Waals surface area contributed by atoms with Crippen LogP contribution in [-0.4, -0.2) is 35.1 Å². The molecule has 0 radical (unpaired) electrons. The molecule has 35 heavy (non-hydrogen) atoms. The van der Waals surface area contributed by atoms with Crippen LogP contribution in [0.1, 0.15) is 52.2 Å². The van der Waals surface area contributed by atoms with Crippen LogP contribution in [0, 0.1) is 0 Å². The molecule has 3 heteroatoms. The second-order valence-electron chi connectivity index (χ2n) is 10.4. The molecule has 2 aromatic rings. The number of para-hydroxylation sites is 2. The first-order chi connectivity index (χ1) is 16.8. The quantitative estimate of drug-likeness (QED) is 0.341. The van der Waals surface area contributed by atoms with Crippen LogP contribution in [0.5, 0.6) is 0 Å². The molecule has 182 valence electrons. The fourth-order valence-corrected chi connectivity index (χ4v) is 5.57. The van der Waals surface area contributed by atoms with Crippen LogP contribution in [0.2, 0.25) is 0 Å². The van der Waals surface area contributed by atoms with Crippen LogP contribution < -0.4 is 4.90 Å². The summed E-state index contributed by atoms with van der Waals surface area (Å²) >= 11 is 0. The van der Waals surface area contributed by atoms with Gasteiger partial charge in [-0.25, -0.2) is 0 Å². The lowest BCUT2D eigenvalue weighted by Crippen LogP contribution is -2.28. The maximum Gasteiger partial charge on any atom is 0.209 e. The number of β-amino-alcohol motifs (C(OH)–C–C–N with tert-alkyl or cyclic N) is 1. The number of anilines is 1. The van der Waals surface area contributed by atoms with Gasteiger partial charge < -0.3 is 10.0 Å². The van der Waals surface area contributed by atoms with Crippen molar-refractivity contribution in [3.05, 3.63) is 108 Å². The summed E-state index contributed by atoms with van der Waals surface area (Å²) in [5.74, 6) is 0. The highest BCUT2D eigenvalue weighted by atomic mass is 16.3. The van der Waals surface area contributed by atoms with E-state index in [2.05, 4.69) is 135 Å². The van der Waals surface area contributed by atoms with Gasteiger partial charge in [0.25, 0.3) is 0 Å². The molecule has 0 spiro atoms. The number of hydrogen-bond donors (Lipinski definition) is 1. The summed E-state index contributed by atoms with van der Waals surface area (Å²) in [6.45, 7) is 13.1. The molecule has 0 aliphatic carbocycles. The Morgan fingerprint density at radius 2 is 1.49 bits per heavy atom. The fourth-order valence-electron chi connectivity index (χ4n) is 5.57. The first-order valence-electron chi connectivity index (χ1n) is 12.8. The Kier molecular flexibility index (Phi) is 7.28. The lowest BCUT2D eigenvalue weighted by Gasteiger charge is -2.26. The van der Waals surface area contributed by atoms with Crippen LogP contribution in [0.25, 0.3) is 0 Å². The van der Waals surface area contributed by atoms with Gasteiger partial charge in [0.2, 0.25) is 5.69 Å². The Balaban J connectivity index is 1.51. The Morgan fingerprint density at radius 3 is 2.23 bits per heavy atom. The number of rotatable bonds is 8. The standard InChI is InChI=1S/C32H39N2O/c1-6-22-33-27-18-14-12-16-25(27)31(2,3)29(33)20-10-8-7-9-11-21-30-32(4,5)26-17-13-15-19-28(26)34(30)23-24-35/h7-21,35H,6,22-24H2,1-5H3/q+1. The van der Waals surface area contributed by atoms with Gasteiger partial charge in [-0.15, -0.1) is 0 Å². The van der Waals surface area contributed by atoms with Crippen LogP contribution in [0.4, 0.5) is 11.4 Å². The number of fused-ring (bicyclic) bond motifs is 2. The summed E-state index contributed by atoms with van der Waals surface area (Å²) in [5.41, 5.74) is 7.69. The smallest absolute Gasteiger partial charge is 0.209 e. The van der Waals surface area contributed by atoms with Crippen molar-refractivity contribution in [1.29, 1.82) is 0 Å². The van der Waals surface area contributed by atoms with Crippen LogP contribution >= 0.6 is 0 Å². The monoisotopic (exact) mass is 467 g/mol. The molecule has 0 saturated carbocycles. The van der Waals surface area contributed by atoms with E-state index >= 15 is 0 Å². The molecule has 4 rings (SSSR count). The van der Waals surface area contributed by atoms with E-state index in [0.717, 1.165) is 13.0 Å². The van der Waals surface area contributed by atoms with Gasteiger partial charge in [0.05, 0.1) is 12.0 Å². The maximum absolute atomic E-state index is 9.63. The maximum atomic E-state index is 9.63. The van der Waals surface area contributed by atoms with Crippen molar-refractivity contribution in [2.75, 3.05) is 24.6 Å². The number of nitrogens with zero attached hydrogens (tertiary/aromatic N) is 2. The minimum absolute atomic E-state index is 0.00438. The Bertz CT molecular complexity index is 1220. The van der Waals surface area contributed by atoms with Gasteiger partial charge in [0.15, 0.2) is 5.71 Å². The molecular weight excluding hydrogens is 428 g/mol. The van der Waals surface area contributed by atoms with E-state index < -0.39 is 0 Å². The van der Waals surface area contributed by atoms with Gasteiger partial charge >= 0.3 is 0 Å². The molecule has 2 heterocycles. The second-order valence-corrected chi connectivity index (χ2v) is 10.4. The Hall–Kier alpha value is -3.17. The van der Waals surface area contributed by atoms with Gasteiger partial charge in [-0.3, -0.25) is 0 Å². The number of hydrogen-bond acceptors (Lipinski definition) is 2. The molecule has 0 amide bonds. The van der Waals surface area contributed by atoms with E-state index in [0.29, 0.717) is 6.54 Å². The molecule has 3 nitrogen and oxygen atoms in total. The zero-order chi connectivity index (χ0) is 25.1. The highest BCUT2D eigenvalue weighted by Gasteiger charge is 2.43. The van der Waals surface area contributed by atoms with Crippen molar-refractivity contribution in [3.8, 4) is 0 Å². The minimum atomic E-state index is -0.0951. The van der Waals surface area contributed by atoms with Gasteiger partial charge in [-0.05, 0) is 31.6 Å². The average molecular weight is 468 g/mol. The molecule has 0 unspecified atom stereocenters. The van der Waals surface area contributed by atoms with Gasteiger partial charge in [-0.2, -0.15) is 4.58 Å². The molecular formula is C32H39N2O+. The third kappa shape index (κ3) is 4.58. The first kappa shape index (κ1) is 24.9. The Morgan fingerprint density at radius 1 is 0.829 bits per heavy atom. The summed E-state index contributed by atoms with van der Waals surface area (Å²) < 4.78 is 2.47. The third-order valence-corrected chi connectivity index (χ3v) is 7.32. The summed E-state index contributed by atoms with van der Waals surface area (Å²) in [7, 11) is 0. The van der Waals surface area contributed by atoms with E-state index in [-0.39, 0.29) is 17.4 Å². The number of allylic oxidation sites excluding steroid dienone is 8. The molecule has 0 atom stereocenters. The molecule has 2 aliphatic heterocycles. The van der Waals surface area contributed by atoms with E-state index in [9.17, 15) is 5.11 Å². The van der Waals surface area contributed by atoms with Crippen molar-refractivity contribution in [2.45, 2.75) is 51.9 Å². The highest BCUT2D eigenvalue weighted by molar-refractivity contribution is 6.03. The largest absolute Gasteiger partial charge is 0.395 e. The SMILES string of the molecule is CCC[N+]1=C(/C=C/C=C/C=C/C=C2/N(CCO)c3ccccc3C2(C)C)C(C)(C)c2ccccc21. The predicted octanol–water partition coefficient (Wildman–Crippen LogP) is 6.82. The molecule has 0 aromatic heterocycles. The molecule has 0 fully saturated rings. The van der Waals surface area contributed by atoms with Gasteiger partial charge in [0.1, 0.15) is 6.54 Å². The minimum Gasteiger partial charge on any atom is -0.395 e. The van der Waals surface area contributed by atoms with Crippen molar-refractivity contribution >= 4 is 17.1 Å². The summed E-state index contributed by atoms with van der Waals surface area (Å²) in [4.78, 5) is 2.24. The lowest BCUT2D eigenvalue weighted by molar-refractivity contribution is -0.437. The normalized spacial score (nSPS) is 19.6. The van der Waals surface area contributed by atoms with Crippen molar-refractivity contribution in [2.24, 2.45) is 0 Å². The number of benzene rings is 2. The molecule has 2 aliphatic rings. The summed E-state index contributed by atoms with van der Waals surface area (Å²) in [6.07, 6.45) is 16.1. The first-order valence-corrected chi connectivity index (χ1v) is 12.8. The zero-order valence-corrected chi connectivity index (χ0v) is 21.8. The van der Waals surface area contributed by atoms with E-state index in [1.807, 2.05) is 0 Å². The second kappa shape index (κ2) is 10.2. The zero-order valence-electron chi connectivity index (χ0n) is 21.8. The van der Waals surface area contributed by atoms with Crippen LogP contribution in [-0.2, 0) is 10.8 Å². The molecule has 0 bridgehead atoms. The highest BCUT2D eigenvalue weighted by Crippen LogP contribution is 2.47. The van der Waals surface area contributed by atoms with Crippen LogP contribution in [0.3, 0.4) is 0 Å². The molecule has 1 N–H and O–H groups in total. The Labute approximate surface area is 211 Å². The van der Waals surface area contributed by atoms with Crippen molar-refractivity contribution in [3.63, 3.8) is 0 Å². The van der Waals surface area contributed by atoms with Crippen LogP contribution in [0.15, 0.2) is 96.8 Å². The summed E-state index contributed by atoms with van der Waals surface area (Å²) in [6, 6.07) is 17.3. The summed E-state index contributed by atoms with van der Waals surface area (Å²) in [5, 5.41) is 9.63. The van der Waals surface area contributed by atoms with Gasteiger partial charge in [0, 0.05) is 47.5 Å². The number of aliphatic hydroxyl groups excluding tert-OH is 1. The fraction of sp³-hybridized carbons (Fsp3) is 0.344. The molecule has 0 saturated heterocycles. The van der Waals surface area contributed by atoms with E-state index in [1.54, 1.807) is 0 Å². The third-order valence-electron chi connectivity index (χ3n) is 7.32. The predicted molar refractivity (Wildman–Crippen MR) is 149 cm³/mol. The molecule has 2 aromatic carbocycles. The average Bonchev–Trinajstić information content (AvgIpc) is 3.19. The number of aliphatic hydroxyl groups is 1. The van der Waals surface area contributed by atoms with E-state index in [4.69, 9.17) is 0 Å². The van der Waals surface area contributed by atoms with Crippen molar-refractivity contribution < 1.29 is 9.68 Å². The van der Waals surface area contributed by atoms with E-state index in [1.165, 1.54) is 33.9 Å².